The Morgan fingerprint density at radius 3 is 2.77 bits per heavy atom. The molecule has 5 nitrogen and oxygen atoms in total. The summed E-state index contributed by atoms with van der Waals surface area (Å²) < 4.78 is 6.27. The molecule has 0 spiro atoms. The van der Waals surface area contributed by atoms with Crippen molar-refractivity contribution in [3.63, 3.8) is 0 Å². The van der Waals surface area contributed by atoms with Gasteiger partial charge in [-0.3, -0.25) is 4.79 Å². The minimum absolute atomic E-state index is 0.163. The molecule has 2 aromatic rings. The highest BCUT2D eigenvalue weighted by Gasteiger charge is 1.99. The molecule has 22 heavy (non-hydrogen) atoms. The van der Waals surface area contributed by atoms with Crippen LogP contribution in [0.25, 0.3) is 0 Å². The highest BCUT2D eigenvalue weighted by Crippen LogP contribution is 2.11. The van der Waals surface area contributed by atoms with Crippen LogP contribution in [0.5, 0.6) is 5.75 Å². The summed E-state index contributed by atoms with van der Waals surface area (Å²) in [6, 6.07) is 15.2. The van der Waals surface area contributed by atoms with Gasteiger partial charge in [-0.2, -0.15) is 5.10 Å². The van der Waals surface area contributed by atoms with Gasteiger partial charge in [-0.05, 0) is 64.6 Å². The maximum atomic E-state index is 11.7. The Morgan fingerprint density at radius 1 is 1.27 bits per heavy atom. The molecule has 2 N–H and O–H groups in total. The Labute approximate surface area is 142 Å². The fraction of sp³-hybridized carbons (Fsp3) is 0.125. The molecule has 0 heterocycles. The third-order valence-electron chi connectivity index (χ3n) is 2.79. The van der Waals surface area contributed by atoms with Crippen molar-refractivity contribution in [2.24, 2.45) is 5.10 Å². The number of hydrogen-bond donors (Lipinski definition) is 2. The van der Waals surface area contributed by atoms with E-state index in [4.69, 9.17) is 4.74 Å². The Balaban J connectivity index is 1.79. The topological polar surface area (TPSA) is 62.7 Å². The lowest BCUT2D eigenvalue weighted by Gasteiger charge is -2.05. The Kier molecular flexibility index (Phi) is 6.20. The van der Waals surface area contributed by atoms with Crippen LogP contribution in [-0.4, -0.2) is 25.8 Å². The van der Waals surface area contributed by atoms with E-state index >= 15 is 0 Å². The number of carbonyl (C=O) groups excluding carboxylic acids is 1. The standard InChI is InChI=1S/C16H16IN3O2/c1-22-15-4-2-3-12(9-15)10-19-20-16(21)11-18-14-7-5-13(17)6-8-14/h2-10,18H,11H2,1H3,(H,20,21)/b19-10-. The van der Waals surface area contributed by atoms with Crippen LogP contribution in [0.3, 0.4) is 0 Å². The predicted octanol–water partition coefficient (Wildman–Crippen LogP) is 2.86. The van der Waals surface area contributed by atoms with Crippen molar-refractivity contribution < 1.29 is 9.53 Å². The third-order valence-corrected chi connectivity index (χ3v) is 3.51. The van der Waals surface area contributed by atoms with Gasteiger partial charge in [-0.15, -0.1) is 0 Å². The Morgan fingerprint density at radius 2 is 2.05 bits per heavy atom. The van der Waals surface area contributed by atoms with E-state index in [0.717, 1.165) is 20.6 Å². The number of ether oxygens (including phenoxy) is 1. The molecule has 0 aromatic heterocycles. The molecule has 2 aromatic carbocycles. The van der Waals surface area contributed by atoms with Crippen molar-refractivity contribution in [2.75, 3.05) is 19.0 Å². The van der Waals surface area contributed by atoms with Crippen LogP contribution in [0.4, 0.5) is 5.69 Å². The fourth-order valence-electron chi connectivity index (χ4n) is 1.69. The number of methoxy groups -OCH3 is 1. The van der Waals surface area contributed by atoms with Crippen molar-refractivity contribution in [2.45, 2.75) is 0 Å². The quantitative estimate of drug-likeness (QED) is 0.438. The van der Waals surface area contributed by atoms with E-state index in [1.54, 1.807) is 13.3 Å². The molecule has 0 fully saturated rings. The van der Waals surface area contributed by atoms with Crippen LogP contribution in [0.2, 0.25) is 0 Å². The van der Waals surface area contributed by atoms with Gasteiger partial charge in [0, 0.05) is 9.26 Å². The van der Waals surface area contributed by atoms with Gasteiger partial charge < -0.3 is 10.1 Å². The van der Waals surface area contributed by atoms with Crippen molar-refractivity contribution >= 4 is 40.4 Å². The van der Waals surface area contributed by atoms with E-state index in [-0.39, 0.29) is 12.5 Å². The van der Waals surface area contributed by atoms with Gasteiger partial charge in [0.25, 0.3) is 5.91 Å². The van der Waals surface area contributed by atoms with Crippen LogP contribution in [-0.2, 0) is 4.79 Å². The van der Waals surface area contributed by atoms with Crippen LogP contribution < -0.4 is 15.5 Å². The summed E-state index contributed by atoms with van der Waals surface area (Å²) in [5, 5.41) is 6.95. The smallest absolute Gasteiger partial charge is 0.259 e. The van der Waals surface area contributed by atoms with E-state index in [1.807, 2.05) is 48.5 Å². The molecular formula is C16H16IN3O2. The predicted molar refractivity (Wildman–Crippen MR) is 96.4 cm³/mol. The van der Waals surface area contributed by atoms with Gasteiger partial charge in [0.05, 0.1) is 19.9 Å². The van der Waals surface area contributed by atoms with Gasteiger partial charge in [0.2, 0.25) is 0 Å². The van der Waals surface area contributed by atoms with Gasteiger partial charge in [-0.25, -0.2) is 5.43 Å². The first-order valence-electron chi connectivity index (χ1n) is 6.63. The minimum Gasteiger partial charge on any atom is -0.497 e. The number of benzene rings is 2. The summed E-state index contributed by atoms with van der Waals surface area (Å²) in [5.74, 6) is 0.536. The molecule has 0 aliphatic carbocycles. The summed E-state index contributed by atoms with van der Waals surface area (Å²) in [6.07, 6.45) is 1.57. The summed E-state index contributed by atoms with van der Waals surface area (Å²) in [7, 11) is 1.61. The number of amides is 1. The lowest BCUT2D eigenvalue weighted by molar-refractivity contribution is -0.119. The molecule has 2 rings (SSSR count). The van der Waals surface area contributed by atoms with Crippen molar-refractivity contribution in [1.82, 2.24) is 5.43 Å². The molecule has 6 heteroatoms. The van der Waals surface area contributed by atoms with E-state index in [9.17, 15) is 4.79 Å². The van der Waals surface area contributed by atoms with E-state index in [2.05, 4.69) is 38.4 Å². The van der Waals surface area contributed by atoms with Crippen molar-refractivity contribution in [1.29, 1.82) is 0 Å². The zero-order valence-electron chi connectivity index (χ0n) is 12.0. The fourth-order valence-corrected chi connectivity index (χ4v) is 2.05. The summed E-state index contributed by atoms with van der Waals surface area (Å²) >= 11 is 2.23. The number of carbonyl (C=O) groups is 1. The van der Waals surface area contributed by atoms with Gasteiger partial charge >= 0.3 is 0 Å². The van der Waals surface area contributed by atoms with Crippen LogP contribution >= 0.6 is 22.6 Å². The minimum atomic E-state index is -0.210. The largest absolute Gasteiger partial charge is 0.497 e. The van der Waals surface area contributed by atoms with Crippen molar-refractivity contribution in [3.05, 3.63) is 57.7 Å². The third kappa shape index (κ3) is 5.36. The van der Waals surface area contributed by atoms with Gasteiger partial charge in [0.15, 0.2) is 0 Å². The molecule has 0 radical (unpaired) electrons. The summed E-state index contributed by atoms with van der Waals surface area (Å²) in [6.45, 7) is 0.163. The number of rotatable bonds is 6. The Hall–Kier alpha value is -2.09. The first-order valence-corrected chi connectivity index (χ1v) is 7.70. The average Bonchev–Trinajstić information content (AvgIpc) is 2.54. The first-order chi connectivity index (χ1) is 10.7. The SMILES string of the molecule is COc1cccc(/C=N\NC(=O)CNc2ccc(I)cc2)c1. The number of nitrogens with one attached hydrogen (secondary N) is 2. The monoisotopic (exact) mass is 409 g/mol. The molecule has 0 atom stereocenters. The molecule has 0 bridgehead atoms. The second-order valence-corrected chi connectivity index (χ2v) is 5.68. The first kappa shape index (κ1) is 16.3. The van der Waals surface area contributed by atoms with Gasteiger partial charge in [-0.1, -0.05) is 12.1 Å². The van der Waals surface area contributed by atoms with Crippen molar-refractivity contribution in [3.8, 4) is 5.75 Å². The lowest BCUT2D eigenvalue weighted by atomic mass is 10.2. The molecule has 0 unspecified atom stereocenters. The highest BCUT2D eigenvalue weighted by molar-refractivity contribution is 14.1. The molecule has 0 aliphatic heterocycles. The van der Waals surface area contributed by atoms with E-state index < -0.39 is 0 Å². The molecule has 0 saturated carbocycles. The highest BCUT2D eigenvalue weighted by atomic mass is 127. The molecule has 0 saturated heterocycles. The molecular weight excluding hydrogens is 393 g/mol. The van der Waals surface area contributed by atoms with E-state index in [1.165, 1.54) is 0 Å². The average molecular weight is 409 g/mol. The number of anilines is 1. The second kappa shape index (κ2) is 8.38. The number of nitrogens with zero attached hydrogens (tertiary/aromatic N) is 1. The maximum absolute atomic E-state index is 11.7. The zero-order chi connectivity index (χ0) is 15.8. The zero-order valence-corrected chi connectivity index (χ0v) is 14.2. The second-order valence-electron chi connectivity index (χ2n) is 4.43. The van der Waals surface area contributed by atoms with Crippen LogP contribution in [0.1, 0.15) is 5.56 Å². The van der Waals surface area contributed by atoms with Crippen LogP contribution in [0, 0.1) is 3.57 Å². The normalized spacial score (nSPS) is 10.5. The number of halogens is 1. The molecule has 114 valence electrons. The lowest BCUT2D eigenvalue weighted by Crippen LogP contribution is -2.25. The number of hydrazone groups is 1. The van der Waals surface area contributed by atoms with Crippen LogP contribution in [0.15, 0.2) is 53.6 Å². The van der Waals surface area contributed by atoms with Gasteiger partial charge in [0.1, 0.15) is 5.75 Å². The Bertz CT molecular complexity index is 657. The maximum Gasteiger partial charge on any atom is 0.259 e. The summed E-state index contributed by atoms with van der Waals surface area (Å²) in [4.78, 5) is 11.7. The van der Waals surface area contributed by atoms with E-state index in [0.29, 0.717) is 0 Å². The summed E-state index contributed by atoms with van der Waals surface area (Å²) in [5.41, 5.74) is 4.22. The number of hydrogen-bond acceptors (Lipinski definition) is 4. The molecule has 0 aliphatic rings. The molecule has 1 amide bonds.